The van der Waals surface area contributed by atoms with Gasteiger partial charge in [0.25, 0.3) is 5.91 Å². The SMILES string of the molecule is CCOC(=O)c1ccc(N2C(=O)C3Sc4[nH]c(=O)sc4[C@H](c4cccc(OCC(=O)Nc5cccc(C(F)(F)F)c5)c4)C3C2=O)cc1. The van der Waals surface area contributed by atoms with Gasteiger partial charge in [-0.15, -0.1) is 0 Å². The molecule has 3 atom stereocenters. The second-order valence-corrected chi connectivity index (χ2v) is 12.7. The lowest BCUT2D eigenvalue weighted by Gasteiger charge is -2.30. The number of thiazole rings is 1. The molecule has 0 spiro atoms. The Balaban J connectivity index is 1.24. The molecule has 10 nitrogen and oxygen atoms in total. The number of H-pyrrole nitrogens is 1. The van der Waals surface area contributed by atoms with E-state index in [2.05, 4.69) is 10.3 Å². The summed E-state index contributed by atoms with van der Waals surface area (Å²) in [5.41, 5.74) is 0.133. The summed E-state index contributed by atoms with van der Waals surface area (Å²) in [6.07, 6.45) is -4.57. The summed E-state index contributed by atoms with van der Waals surface area (Å²) in [5.74, 6) is -3.58. The van der Waals surface area contributed by atoms with Crippen molar-refractivity contribution in [3.63, 3.8) is 0 Å². The zero-order chi connectivity index (χ0) is 33.5. The molecule has 1 fully saturated rings. The van der Waals surface area contributed by atoms with Crippen molar-refractivity contribution < 1.29 is 41.8 Å². The van der Waals surface area contributed by atoms with Crippen LogP contribution in [0.3, 0.4) is 0 Å². The standard InChI is InChI=1S/C32H24F3N3O7S2/c1-2-44-30(42)16-9-11-20(12-10-16)38-28(40)24-23(25-27(37-31(43)47-25)46-26(24)29(38)41)17-5-3-8-21(13-17)45-15-22(39)36-19-7-4-6-18(14-19)32(33,34)35/h3-14,23-24,26H,2,15H2,1H3,(H,36,39)(H,37,43)/t23-,24?,26?/m1/s1. The molecule has 2 unspecified atom stereocenters. The monoisotopic (exact) mass is 683 g/mol. The molecule has 6 rings (SSSR count). The largest absolute Gasteiger partial charge is 0.484 e. The van der Waals surface area contributed by atoms with E-state index in [-0.39, 0.29) is 34.2 Å². The maximum absolute atomic E-state index is 14.0. The molecule has 1 saturated heterocycles. The Hall–Kier alpha value is -4.89. The number of nitrogens with zero attached hydrogens (tertiary/aromatic N) is 1. The number of aromatic amines is 1. The summed E-state index contributed by atoms with van der Waals surface area (Å²) in [7, 11) is 0. The molecule has 15 heteroatoms. The Morgan fingerprint density at radius 1 is 0.979 bits per heavy atom. The number of nitrogens with one attached hydrogen (secondary N) is 2. The van der Waals surface area contributed by atoms with Crippen LogP contribution in [0.4, 0.5) is 24.5 Å². The second-order valence-electron chi connectivity index (χ2n) is 10.5. The predicted octanol–water partition coefficient (Wildman–Crippen LogP) is 5.45. The van der Waals surface area contributed by atoms with Crippen LogP contribution in [-0.2, 0) is 25.3 Å². The molecule has 1 aromatic heterocycles. The van der Waals surface area contributed by atoms with Gasteiger partial charge in [-0.1, -0.05) is 41.3 Å². The number of carbonyl (C=O) groups is 4. The van der Waals surface area contributed by atoms with Gasteiger partial charge in [0, 0.05) is 16.5 Å². The van der Waals surface area contributed by atoms with E-state index in [1.165, 1.54) is 36.4 Å². The van der Waals surface area contributed by atoms with Crippen LogP contribution in [0.25, 0.3) is 0 Å². The number of fused-ring (bicyclic) bond motifs is 2. The molecule has 3 heterocycles. The number of esters is 1. The molecule has 3 aromatic carbocycles. The minimum Gasteiger partial charge on any atom is -0.484 e. The highest BCUT2D eigenvalue weighted by Crippen LogP contribution is 2.53. The summed E-state index contributed by atoms with van der Waals surface area (Å²) < 4.78 is 49.8. The van der Waals surface area contributed by atoms with E-state index in [1.807, 2.05) is 0 Å². The van der Waals surface area contributed by atoms with Gasteiger partial charge in [-0.05, 0) is 67.1 Å². The van der Waals surface area contributed by atoms with Crippen LogP contribution in [0.15, 0.2) is 82.6 Å². The Labute approximate surface area is 272 Å². The van der Waals surface area contributed by atoms with Crippen molar-refractivity contribution in [1.82, 2.24) is 4.98 Å². The number of hydrogen-bond acceptors (Lipinski definition) is 9. The summed E-state index contributed by atoms with van der Waals surface area (Å²) in [4.78, 5) is 68.8. The van der Waals surface area contributed by atoms with Crippen LogP contribution in [-0.4, -0.2) is 47.1 Å². The third kappa shape index (κ3) is 6.40. The minimum atomic E-state index is -4.57. The molecule has 0 saturated carbocycles. The highest BCUT2D eigenvalue weighted by Gasteiger charge is 2.56. The van der Waals surface area contributed by atoms with Gasteiger partial charge < -0.3 is 19.8 Å². The van der Waals surface area contributed by atoms with Gasteiger partial charge >= 0.3 is 17.0 Å². The molecular weight excluding hydrogens is 659 g/mol. The van der Waals surface area contributed by atoms with E-state index >= 15 is 0 Å². The van der Waals surface area contributed by atoms with Gasteiger partial charge in [0.2, 0.25) is 11.8 Å². The first kappa shape index (κ1) is 32.1. The number of hydrogen-bond donors (Lipinski definition) is 2. The summed E-state index contributed by atoms with van der Waals surface area (Å²) in [6, 6.07) is 16.6. The molecule has 2 aliphatic rings. The average Bonchev–Trinajstić information content (AvgIpc) is 3.53. The quantitative estimate of drug-likeness (QED) is 0.185. The van der Waals surface area contributed by atoms with E-state index < -0.39 is 59.1 Å². The highest BCUT2D eigenvalue weighted by atomic mass is 32.2. The zero-order valence-corrected chi connectivity index (χ0v) is 26.0. The molecule has 0 aliphatic carbocycles. The minimum absolute atomic E-state index is 0.0488. The third-order valence-electron chi connectivity index (χ3n) is 7.52. The Bertz CT molecular complexity index is 1940. The topological polar surface area (TPSA) is 135 Å². The lowest BCUT2D eigenvalue weighted by atomic mass is 9.83. The van der Waals surface area contributed by atoms with Gasteiger partial charge in [0.15, 0.2) is 6.61 Å². The second kappa shape index (κ2) is 12.7. The molecule has 3 amide bonds. The lowest BCUT2D eigenvalue weighted by molar-refractivity contribution is -0.137. The maximum Gasteiger partial charge on any atom is 0.416 e. The number of rotatable bonds is 8. The Kier molecular flexibility index (Phi) is 8.68. The van der Waals surface area contributed by atoms with Crippen molar-refractivity contribution in [1.29, 1.82) is 0 Å². The van der Waals surface area contributed by atoms with Gasteiger partial charge in [-0.2, -0.15) is 13.2 Å². The van der Waals surface area contributed by atoms with Crippen LogP contribution >= 0.6 is 23.1 Å². The van der Waals surface area contributed by atoms with Crippen LogP contribution in [0.2, 0.25) is 0 Å². The first-order valence-corrected chi connectivity index (χ1v) is 15.9. The van der Waals surface area contributed by atoms with Crippen LogP contribution in [0.1, 0.15) is 39.2 Å². The van der Waals surface area contributed by atoms with Crippen molar-refractivity contribution in [2.75, 3.05) is 23.4 Å². The van der Waals surface area contributed by atoms with Crippen molar-refractivity contribution in [3.05, 3.63) is 104 Å². The number of carbonyl (C=O) groups excluding carboxylic acids is 4. The number of imide groups is 1. The number of halogens is 3. The molecule has 0 bridgehead atoms. The van der Waals surface area contributed by atoms with Crippen molar-refractivity contribution in [3.8, 4) is 5.75 Å². The number of benzene rings is 3. The highest BCUT2D eigenvalue weighted by molar-refractivity contribution is 8.00. The van der Waals surface area contributed by atoms with Gasteiger partial charge in [-0.3, -0.25) is 19.2 Å². The maximum atomic E-state index is 14.0. The van der Waals surface area contributed by atoms with Crippen LogP contribution in [0.5, 0.6) is 5.75 Å². The number of anilines is 2. The fourth-order valence-electron chi connectivity index (χ4n) is 5.51. The van der Waals surface area contributed by atoms with E-state index in [0.29, 0.717) is 15.5 Å². The van der Waals surface area contributed by atoms with Crippen molar-refractivity contribution in [2.45, 2.75) is 29.3 Å². The fraction of sp³-hybridized carbons (Fsp3) is 0.219. The number of aromatic nitrogens is 1. The summed E-state index contributed by atoms with van der Waals surface area (Å²) in [6.45, 7) is 1.35. The normalized spacial score (nSPS) is 18.8. The van der Waals surface area contributed by atoms with Crippen molar-refractivity contribution in [2.24, 2.45) is 5.92 Å². The molecule has 2 N–H and O–H groups in total. The lowest BCUT2D eigenvalue weighted by Crippen LogP contribution is -2.32. The van der Waals surface area contributed by atoms with Crippen LogP contribution < -0.4 is 19.8 Å². The number of thioether (sulfide) groups is 1. The molecule has 242 valence electrons. The first-order chi connectivity index (χ1) is 22.4. The van der Waals surface area contributed by atoms with E-state index in [4.69, 9.17) is 9.47 Å². The third-order valence-corrected chi connectivity index (χ3v) is 9.92. The summed E-state index contributed by atoms with van der Waals surface area (Å²) in [5, 5.41) is 1.99. The Morgan fingerprint density at radius 2 is 1.72 bits per heavy atom. The molecular formula is C32H24F3N3O7S2. The molecule has 4 aromatic rings. The summed E-state index contributed by atoms with van der Waals surface area (Å²) >= 11 is 2.04. The van der Waals surface area contributed by atoms with Gasteiger partial charge in [-0.25, -0.2) is 9.69 Å². The zero-order valence-electron chi connectivity index (χ0n) is 24.3. The van der Waals surface area contributed by atoms with Gasteiger partial charge in [0.05, 0.1) is 34.4 Å². The number of amides is 3. The van der Waals surface area contributed by atoms with E-state index in [0.717, 1.165) is 40.1 Å². The Morgan fingerprint density at radius 3 is 2.45 bits per heavy atom. The molecule has 2 aliphatic heterocycles. The fourth-order valence-corrected chi connectivity index (χ4v) is 8.02. The molecule has 0 radical (unpaired) electrons. The predicted molar refractivity (Wildman–Crippen MR) is 167 cm³/mol. The first-order valence-electron chi connectivity index (χ1n) is 14.2. The van der Waals surface area contributed by atoms with Crippen LogP contribution in [0, 0.1) is 5.92 Å². The molecule has 47 heavy (non-hydrogen) atoms. The smallest absolute Gasteiger partial charge is 0.416 e. The van der Waals surface area contributed by atoms with Crippen molar-refractivity contribution >= 4 is 58.2 Å². The number of alkyl halides is 3. The van der Waals surface area contributed by atoms with E-state index in [1.54, 1.807) is 31.2 Å². The van der Waals surface area contributed by atoms with E-state index in [9.17, 15) is 37.1 Å². The van der Waals surface area contributed by atoms with Gasteiger partial charge in [0.1, 0.15) is 11.0 Å². The number of ether oxygens (including phenoxy) is 2. The average molecular weight is 684 g/mol.